The van der Waals surface area contributed by atoms with E-state index in [0.717, 1.165) is 29.0 Å². The van der Waals surface area contributed by atoms with Crippen molar-refractivity contribution < 1.29 is 33.4 Å². The van der Waals surface area contributed by atoms with Gasteiger partial charge < -0.3 is 9.84 Å². The third-order valence-corrected chi connectivity index (χ3v) is 12.1. The highest BCUT2D eigenvalue weighted by Gasteiger charge is 2.77. The molecule has 3 heterocycles. The van der Waals surface area contributed by atoms with Crippen molar-refractivity contribution in [1.29, 1.82) is 0 Å². The van der Waals surface area contributed by atoms with Gasteiger partial charge in [-0.2, -0.15) is 0 Å². The predicted molar refractivity (Wildman–Crippen MR) is 176 cm³/mol. The molecule has 4 amide bonds. The number of benzene rings is 3. The number of allylic oxidation sites excluding steroid dienone is 3. The number of ether oxygens (including phenoxy) is 1. The van der Waals surface area contributed by atoms with Gasteiger partial charge in [0.15, 0.2) is 9.75 Å². The Kier molecular flexibility index (Phi) is 6.92. The highest BCUT2D eigenvalue weighted by molar-refractivity contribution is 6.58. The number of nitrogens with zero attached hydrogens (tertiary/aromatic N) is 2. The van der Waals surface area contributed by atoms with Crippen LogP contribution in [0.5, 0.6) is 11.5 Å². The summed E-state index contributed by atoms with van der Waals surface area (Å²) in [4.78, 5) is 55.2. The van der Waals surface area contributed by atoms with E-state index in [1.807, 2.05) is 25.1 Å². The van der Waals surface area contributed by atoms with Gasteiger partial charge in [0, 0.05) is 17.9 Å². The fourth-order valence-electron chi connectivity index (χ4n) is 8.34. The van der Waals surface area contributed by atoms with E-state index < -0.39 is 57.0 Å². The second-order valence-electron chi connectivity index (χ2n) is 13.1. The first-order chi connectivity index (χ1) is 23.0. The number of fused-ring (bicyclic) bond motifs is 5. The number of hydrogen-bond acceptors (Lipinski definition) is 6. The Bertz CT molecular complexity index is 2000. The van der Waals surface area contributed by atoms with Crippen molar-refractivity contribution in [2.45, 2.75) is 42.4 Å². The van der Waals surface area contributed by atoms with Crippen LogP contribution in [0.4, 0.5) is 15.8 Å². The van der Waals surface area contributed by atoms with Gasteiger partial charge in [-0.3, -0.25) is 24.1 Å². The molecule has 244 valence electrons. The number of alkyl halides is 2. The number of carbonyl (C=O) groups excluding carboxylic acids is 4. The van der Waals surface area contributed by atoms with Crippen molar-refractivity contribution >= 4 is 58.2 Å². The van der Waals surface area contributed by atoms with Gasteiger partial charge in [0.25, 0.3) is 11.8 Å². The first-order valence-electron chi connectivity index (χ1n) is 15.8. The predicted octanol–water partition coefficient (Wildman–Crippen LogP) is 6.21. The average Bonchev–Trinajstić information content (AvgIpc) is 3.42. The Hall–Kier alpha value is -4.47. The molecule has 48 heavy (non-hydrogen) atoms. The molecule has 8 nitrogen and oxygen atoms in total. The zero-order chi connectivity index (χ0) is 33.7. The number of amides is 4. The molecule has 0 aromatic heterocycles. The molecule has 11 heteroatoms. The van der Waals surface area contributed by atoms with E-state index in [2.05, 4.69) is 0 Å². The highest BCUT2D eigenvalue weighted by Crippen LogP contribution is 2.65. The summed E-state index contributed by atoms with van der Waals surface area (Å²) < 4.78 is 19.9. The molecule has 0 radical (unpaired) electrons. The summed E-state index contributed by atoms with van der Waals surface area (Å²) in [6.07, 6.45) is 4.39. The Morgan fingerprint density at radius 2 is 1.58 bits per heavy atom. The normalized spacial score (nSPS) is 30.7. The fourth-order valence-corrected chi connectivity index (χ4v) is 9.29. The topological polar surface area (TPSA) is 104 Å². The second-order valence-corrected chi connectivity index (χ2v) is 14.3. The van der Waals surface area contributed by atoms with Crippen LogP contribution in [-0.2, 0) is 32.0 Å². The van der Waals surface area contributed by atoms with Gasteiger partial charge >= 0.3 is 0 Å². The molecule has 6 unspecified atom stereocenters. The van der Waals surface area contributed by atoms with Crippen LogP contribution in [-0.4, -0.2) is 38.5 Å². The number of aromatic hydroxyl groups is 1. The molecule has 0 bridgehead atoms. The molecule has 8 rings (SSSR count). The summed E-state index contributed by atoms with van der Waals surface area (Å²) in [6.45, 7) is 2.02. The highest BCUT2D eigenvalue weighted by atomic mass is 35.5. The largest absolute Gasteiger partial charge is 0.508 e. The summed E-state index contributed by atoms with van der Waals surface area (Å²) in [6, 6.07) is 16.8. The van der Waals surface area contributed by atoms with Crippen LogP contribution in [0.1, 0.15) is 30.9 Å². The minimum atomic E-state index is -2.07. The molecule has 2 saturated heterocycles. The van der Waals surface area contributed by atoms with Crippen LogP contribution in [0.25, 0.3) is 0 Å². The maximum absolute atomic E-state index is 14.6. The number of imide groups is 2. The van der Waals surface area contributed by atoms with E-state index in [9.17, 15) is 28.7 Å². The van der Waals surface area contributed by atoms with Crippen molar-refractivity contribution in [2.75, 3.05) is 9.80 Å². The standard InChI is InChI=1S/C37H29Cl2FN2O6/c1-2-19-3-7-23(8-4-19)41-32(44)27-13-12-26-28(30(27)33(41)45)17-36(38)34(46)42(24-9-5-22(40)6-10-24)35(47)37(36,39)31(26)21-15-20-16-25(43)11-14-29(20)48-18-21/h3-12,14,16,18,27-28,30-31,43H,2,13,15,17H2,1H3. The number of halogens is 3. The molecular weight excluding hydrogens is 658 g/mol. The van der Waals surface area contributed by atoms with Crippen LogP contribution >= 0.6 is 23.2 Å². The Balaban J connectivity index is 1.26. The van der Waals surface area contributed by atoms with Gasteiger partial charge in [0.1, 0.15) is 17.3 Å². The lowest BCUT2D eigenvalue weighted by Gasteiger charge is -2.51. The first-order valence-corrected chi connectivity index (χ1v) is 16.6. The van der Waals surface area contributed by atoms with Gasteiger partial charge in [-0.25, -0.2) is 9.29 Å². The van der Waals surface area contributed by atoms with Crippen molar-refractivity contribution in [3.05, 3.63) is 107 Å². The van der Waals surface area contributed by atoms with Gasteiger partial charge in [-0.05, 0) is 90.9 Å². The number of anilines is 2. The van der Waals surface area contributed by atoms with E-state index >= 15 is 0 Å². The second kappa shape index (κ2) is 10.8. The van der Waals surface area contributed by atoms with E-state index in [1.165, 1.54) is 29.4 Å². The van der Waals surface area contributed by atoms with Crippen LogP contribution in [0, 0.1) is 29.5 Å². The number of phenolic OH excluding ortho intramolecular Hbond substituents is 1. The lowest BCUT2D eigenvalue weighted by atomic mass is 9.56. The van der Waals surface area contributed by atoms with Gasteiger partial charge in [0.05, 0.1) is 29.5 Å². The van der Waals surface area contributed by atoms with Crippen molar-refractivity contribution in [3.63, 3.8) is 0 Å². The number of aryl methyl sites for hydroxylation is 1. The summed E-state index contributed by atoms with van der Waals surface area (Å²) >= 11 is 14.9. The summed E-state index contributed by atoms with van der Waals surface area (Å²) in [7, 11) is 0. The number of rotatable bonds is 4. The molecule has 2 aliphatic carbocycles. The van der Waals surface area contributed by atoms with Gasteiger partial charge in [-0.1, -0.05) is 30.7 Å². The molecule has 1 N–H and O–H groups in total. The summed E-state index contributed by atoms with van der Waals surface area (Å²) in [5.41, 5.74) is 3.41. The average molecular weight is 688 g/mol. The quantitative estimate of drug-likeness (QED) is 0.199. The van der Waals surface area contributed by atoms with Crippen LogP contribution in [0.3, 0.4) is 0 Å². The third kappa shape index (κ3) is 4.13. The Morgan fingerprint density at radius 3 is 2.29 bits per heavy atom. The fraction of sp³-hybridized carbons (Fsp3) is 0.297. The minimum Gasteiger partial charge on any atom is -0.508 e. The SMILES string of the molecule is CCc1ccc(N2C(=O)C3CC=C4C(CC5(Cl)C(=O)N(c6ccc(F)cc6)C(=O)C5(Cl)C4C4=COc5ccc(O)cc5C4)C3C2=O)cc1. The van der Waals surface area contributed by atoms with Crippen molar-refractivity contribution in [3.8, 4) is 11.5 Å². The van der Waals surface area contributed by atoms with E-state index in [1.54, 1.807) is 24.3 Å². The zero-order valence-corrected chi connectivity index (χ0v) is 27.2. The molecular formula is C37H29Cl2FN2O6. The third-order valence-electron chi connectivity index (χ3n) is 10.6. The maximum atomic E-state index is 14.6. The molecule has 3 aromatic carbocycles. The van der Waals surface area contributed by atoms with Crippen molar-refractivity contribution in [2.24, 2.45) is 23.7 Å². The minimum absolute atomic E-state index is 0.0175. The van der Waals surface area contributed by atoms with E-state index in [0.29, 0.717) is 28.1 Å². The number of carbonyl (C=O) groups is 4. The summed E-state index contributed by atoms with van der Waals surface area (Å²) in [5, 5.41) is 10.2. The monoisotopic (exact) mass is 686 g/mol. The smallest absolute Gasteiger partial charge is 0.258 e. The molecule has 5 aliphatic rings. The van der Waals surface area contributed by atoms with Gasteiger partial charge in [-0.15, -0.1) is 23.2 Å². The molecule has 3 aliphatic heterocycles. The molecule has 0 spiro atoms. The molecule has 3 fully saturated rings. The lowest BCUT2D eigenvalue weighted by molar-refractivity contribution is -0.125. The molecule has 6 atom stereocenters. The Labute approximate surface area is 285 Å². The molecule has 1 saturated carbocycles. The number of phenols is 1. The zero-order valence-electron chi connectivity index (χ0n) is 25.7. The Morgan fingerprint density at radius 1 is 0.896 bits per heavy atom. The van der Waals surface area contributed by atoms with E-state index in [-0.39, 0.29) is 36.6 Å². The maximum Gasteiger partial charge on any atom is 0.258 e. The van der Waals surface area contributed by atoms with E-state index in [4.69, 9.17) is 27.9 Å². The lowest BCUT2D eigenvalue weighted by Crippen LogP contribution is -2.61. The van der Waals surface area contributed by atoms with Gasteiger partial charge in [0.2, 0.25) is 11.8 Å². The summed E-state index contributed by atoms with van der Waals surface area (Å²) in [5.74, 6) is -5.63. The molecule has 3 aromatic rings. The van der Waals surface area contributed by atoms with Crippen molar-refractivity contribution in [1.82, 2.24) is 0 Å². The number of hydrogen-bond donors (Lipinski definition) is 1. The van der Waals surface area contributed by atoms with Crippen LogP contribution in [0.2, 0.25) is 0 Å². The van der Waals surface area contributed by atoms with Crippen LogP contribution < -0.4 is 14.5 Å². The first kappa shape index (κ1) is 30.8. The van der Waals surface area contributed by atoms with Crippen LogP contribution in [0.15, 0.2) is 90.2 Å².